The predicted molar refractivity (Wildman–Crippen MR) is 85.6 cm³/mol. The highest BCUT2D eigenvalue weighted by atomic mass is 32.2. The Hall–Kier alpha value is -1.72. The van der Waals surface area contributed by atoms with E-state index in [1.165, 1.54) is 16.4 Å². The first-order chi connectivity index (χ1) is 10.3. The van der Waals surface area contributed by atoms with Crippen LogP contribution >= 0.6 is 0 Å². The van der Waals surface area contributed by atoms with Gasteiger partial charge in [-0.25, -0.2) is 12.8 Å². The van der Waals surface area contributed by atoms with E-state index in [9.17, 15) is 12.8 Å². The third-order valence-corrected chi connectivity index (χ3v) is 5.63. The van der Waals surface area contributed by atoms with E-state index in [-0.39, 0.29) is 17.3 Å². The maximum Gasteiger partial charge on any atom is 0.243 e. The lowest BCUT2D eigenvalue weighted by atomic mass is 10.1. The van der Waals surface area contributed by atoms with Gasteiger partial charge in [0.05, 0.1) is 4.90 Å². The molecule has 0 amide bonds. The van der Waals surface area contributed by atoms with Crippen LogP contribution in [0.4, 0.5) is 4.39 Å². The Balaban J connectivity index is 2.34. The maximum atomic E-state index is 13.3. The van der Waals surface area contributed by atoms with Crippen molar-refractivity contribution in [3.63, 3.8) is 0 Å². The summed E-state index contributed by atoms with van der Waals surface area (Å²) in [7, 11) is -3.59. The molecule has 0 unspecified atom stereocenters. The van der Waals surface area contributed by atoms with E-state index in [0.29, 0.717) is 12.1 Å². The molecule has 0 aliphatic rings. The molecule has 0 atom stereocenters. The van der Waals surface area contributed by atoms with Crippen LogP contribution in [0.25, 0.3) is 0 Å². The van der Waals surface area contributed by atoms with Crippen molar-refractivity contribution >= 4 is 10.0 Å². The van der Waals surface area contributed by atoms with E-state index < -0.39 is 10.0 Å². The number of halogens is 1. The molecule has 0 aliphatic carbocycles. The second kappa shape index (κ2) is 6.58. The second-order valence-electron chi connectivity index (χ2n) is 5.31. The minimum atomic E-state index is -3.59. The predicted octanol–water partition coefficient (Wildman–Crippen LogP) is 3.65. The fourth-order valence-corrected chi connectivity index (χ4v) is 3.75. The van der Waals surface area contributed by atoms with Crippen LogP contribution in [0.5, 0.6) is 0 Å². The molecule has 0 aliphatic heterocycles. The van der Waals surface area contributed by atoms with Gasteiger partial charge in [-0.05, 0) is 54.8 Å². The number of benzene rings is 2. The highest BCUT2D eigenvalue weighted by Crippen LogP contribution is 2.21. The third kappa shape index (κ3) is 3.54. The second-order valence-corrected chi connectivity index (χ2v) is 7.25. The maximum absolute atomic E-state index is 13.3. The van der Waals surface area contributed by atoms with E-state index in [1.54, 1.807) is 37.3 Å². The molecule has 22 heavy (non-hydrogen) atoms. The lowest BCUT2D eigenvalue weighted by molar-refractivity contribution is 0.422. The third-order valence-electron chi connectivity index (χ3n) is 3.72. The van der Waals surface area contributed by atoms with Crippen LogP contribution in [0.2, 0.25) is 0 Å². The van der Waals surface area contributed by atoms with E-state index >= 15 is 0 Å². The molecule has 0 heterocycles. The molecule has 0 fully saturated rings. The fraction of sp³-hybridized carbons (Fsp3) is 0.294. The van der Waals surface area contributed by atoms with Gasteiger partial charge in [-0.15, -0.1) is 0 Å². The van der Waals surface area contributed by atoms with Gasteiger partial charge in [0.15, 0.2) is 0 Å². The van der Waals surface area contributed by atoms with Crippen molar-refractivity contribution in [2.45, 2.75) is 32.2 Å². The molecule has 2 aromatic carbocycles. The van der Waals surface area contributed by atoms with Crippen LogP contribution in [0, 0.1) is 19.7 Å². The molecule has 2 aromatic rings. The standard InChI is InChI=1S/C17H20FNO2S/c1-4-19(12-15-6-5-7-16(18)11-15)22(20,21)17-9-8-13(2)14(3)10-17/h5-11H,4,12H2,1-3H3. The number of hydrogen-bond acceptors (Lipinski definition) is 2. The van der Waals surface area contributed by atoms with Crippen LogP contribution in [0.3, 0.4) is 0 Å². The summed E-state index contributed by atoms with van der Waals surface area (Å²) in [5.41, 5.74) is 2.62. The average molecular weight is 321 g/mol. The van der Waals surface area contributed by atoms with Crippen molar-refractivity contribution in [3.8, 4) is 0 Å². The molecule has 2 rings (SSSR count). The molecule has 118 valence electrons. The first-order valence-corrected chi connectivity index (χ1v) is 8.60. The Morgan fingerprint density at radius 1 is 1.05 bits per heavy atom. The van der Waals surface area contributed by atoms with Gasteiger partial charge in [0.25, 0.3) is 0 Å². The highest BCUT2D eigenvalue weighted by Gasteiger charge is 2.23. The molecule has 0 radical (unpaired) electrons. The summed E-state index contributed by atoms with van der Waals surface area (Å²) in [5.74, 6) is -0.364. The van der Waals surface area contributed by atoms with Crippen molar-refractivity contribution < 1.29 is 12.8 Å². The Bertz CT molecular complexity index is 772. The van der Waals surface area contributed by atoms with Gasteiger partial charge < -0.3 is 0 Å². The number of hydrogen-bond donors (Lipinski definition) is 0. The lowest BCUT2D eigenvalue weighted by Gasteiger charge is -2.21. The molecule has 0 saturated carbocycles. The van der Waals surface area contributed by atoms with Crippen molar-refractivity contribution in [2.75, 3.05) is 6.54 Å². The first-order valence-electron chi connectivity index (χ1n) is 7.16. The quantitative estimate of drug-likeness (QED) is 0.843. The van der Waals surface area contributed by atoms with Gasteiger partial charge in [0.2, 0.25) is 10.0 Å². The van der Waals surface area contributed by atoms with Gasteiger partial charge in [-0.3, -0.25) is 0 Å². The Kier molecular flexibility index (Phi) is 4.98. The van der Waals surface area contributed by atoms with Gasteiger partial charge >= 0.3 is 0 Å². The first kappa shape index (κ1) is 16.6. The zero-order valence-corrected chi connectivity index (χ0v) is 13.8. The summed E-state index contributed by atoms with van der Waals surface area (Å²) in [5, 5.41) is 0. The number of nitrogens with zero attached hydrogens (tertiary/aromatic N) is 1. The zero-order chi connectivity index (χ0) is 16.3. The Labute approximate surface area is 131 Å². The van der Waals surface area contributed by atoms with Crippen LogP contribution in [0.1, 0.15) is 23.6 Å². The number of aryl methyl sites for hydroxylation is 2. The summed E-state index contributed by atoms with van der Waals surface area (Å²) in [6, 6.07) is 11.1. The van der Waals surface area contributed by atoms with Crippen molar-refractivity contribution in [2.24, 2.45) is 0 Å². The summed E-state index contributed by atoms with van der Waals surface area (Å²) in [4.78, 5) is 0.272. The molecule has 0 bridgehead atoms. The molecule has 0 saturated heterocycles. The highest BCUT2D eigenvalue weighted by molar-refractivity contribution is 7.89. The van der Waals surface area contributed by atoms with E-state index in [0.717, 1.165) is 11.1 Å². The number of rotatable bonds is 5. The van der Waals surface area contributed by atoms with Crippen LogP contribution in [0.15, 0.2) is 47.4 Å². The van der Waals surface area contributed by atoms with Crippen LogP contribution in [-0.2, 0) is 16.6 Å². The monoisotopic (exact) mass is 321 g/mol. The number of sulfonamides is 1. The molecule has 5 heteroatoms. The Morgan fingerprint density at radius 2 is 1.77 bits per heavy atom. The minimum absolute atomic E-state index is 0.156. The van der Waals surface area contributed by atoms with Crippen LogP contribution < -0.4 is 0 Å². The van der Waals surface area contributed by atoms with Crippen molar-refractivity contribution in [1.82, 2.24) is 4.31 Å². The summed E-state index contributed by atoms with van der Waals surface area (Å²) < 4.78 is 40.1. The van der Waals surface area contributed by atoms with Gasteiger partial charge in [0.1, 0.15) is 5.82 Å². The fourth-order valence-electron chi connectivity index (χ4n) is 2.23. The average Bonchev–Trinajstić information content (AvgIpc) is 2.47. The summed E-state index contributed by atoms with van der Waals surface area (Å²) in [6.45, 7) is 6.08. The topological polar surface area (TPSA) is 37.4 Å². The van der Waals surface area contributed by atoms with Gasteiger partial charge in [-0.1, -0.05) is 25.1 Å². The van der Waals surface area contributed by atoms with Crippen LogP contribution in [-0.4, -0.2) is 19.3 Å². The molecule has 0 aromatic heterocycles. The molecular formula is C17H20FNO2S. The normalized spacial score (nSPS) is 11.9. The van der Waals surface area contributed by atoms with Gasteiger partial charge in [-0.2, -0.15) is 4.31 Å². The van der Waals surface area contributed by atoms with Crippen molar-refractivity contribution in [1.29, 1.82) is 0 Å². The molecule has 0 N–H and O–H groups in total. The smallest absolute Gasteiger partial charge is 0.207 e. The minimum Gasteiger partial charge on any atom is -0.207 e. The van der Waals surface area contributed by atoms with Gasteiger partial charge in [0, 0.05) is 13.1 Å². The largest absolute Gasteiger partial charge is 0.243 e. The zero-order valence-electron chi connectivity index (χ0n) is 13.0. The molecule has 3 nitrogen and oxygen atoms in total. The van der Waals surface area contributed by atoms with E-state index in [2.05, 4.69) is 0 Å². The van der Waals surface area contributed by atoms with Crippen molar-refractivity contribution in [3.05, 3.63) is 65.0 Å². The SMILES string of the molecule is CCN(Cc1cccc(F)c1)S(=O)(=O)c1ccc(C)c(C)c1. The van der Waals surface area contributed by atoms with E-state index in [1.807, 2.05) is 13.8 Å². The van der Waals surface area contributed by atoms with E-state index in [4.69, 9.17) is 0 Å². The molecular weight excluding hydrogens is 301 g/mol. The summed E-state index contributed by atoms with van der Waals surface area (Å²) >= 11 is 0. The Morgan fingerprint density at radius 3 is 2.36 bits per heavy atom. The molecule has 0 spiro atoms. The summed E-state index contributed by atoms with van der Waals surface area (Å²) in [6.07, 6.45) is 0. The lowest BCUT2D eigenvalue weighted by Crippen LogP contribution is -2.30.